The summed E-state index contributed by atoms with van der Waals surface area (Å²) in [4.78, 5) is 5.96. The highest BCUT2D eigenvalue weighted by atomic mass is 19.1. The van der Waals surface area contributed by atoms with Crippen molar-refractivity contribution in [3.05, 3.63) is 29.9 Å². The molecule has 0 atom stereocenters. The lowest BCUT2D eigenvalue weighted by Gasteiger charge is -2.07. The van der Waals surface area contributed by atoms with E-state index in [1.807, 2.05) is 6.07 Å². The molecule has 4 nitrogen and oxygen atoms in total. The Kier molecular flexibility index (Phi) is 2.84. The summed E-state index contributed by atoms with van der Waals surface area (Å²) in [5.74, 6) is 0.138. The van der Waals surface area contributed by atoms with Gasteiger partial charge in [-0.05, 0) is 19.2 Å². The Hall–Kier alpha value is -1.93. The van der Waals surface area contributed by atoms with Crippen molar-refractivity contribution in [2.75, 3.05) is 13.6 Å². The number of fused-ring (bicyclic) bond motifs is 1. The summed E-state index contributed by atoms with van der Waals surface area (Å²) < 4.78 is 18.3. The molecule has 0 saturated heterocycles. The average Bonchev–Trinajstić information content (AvgIpc) is 2.59. The lowest BCUT2D eigenvalue weighted by Crippen LogP contribution is -2.17. The lowest BCUT2D eigenvalue weighted by molar-refractivity contribution is 0.323. The molecule has 0 aliphatic heterocycles. The molecule has 16 heavy (non-hydrogen) atoms. The highest BCUT2D eigenvalue weighted by Gasteiger charge is 2.08. The number of nitrogens with zero attached hydrogens (tertiary/aromatic N) is 3. The molecule has 1 heterocycles. The van der Waals surface area contributed by atoms with E-state index in [9.17, 15) is 4.39 Å². The first-order valence-electron chi connectivity index (χ1n) is 4.79. The second-order valence-electron chi connectivity index (χ2n) is 3.55. The van der Waals surface area contributed by atoms with Crippen molar-refractivity contribution in [1.29, 1.82) is 5.26 Å². The molecule has 2 rings (SSSR count). The van der Waals surface area contributed by atoms with E-state index in [1.54, 1.807) is 18.0 Å². The zero-order valence-corrected chi connectivity index (χ0v) is 8.77. The van der Waals surface area contributed by atoms with E-state index in [0.717, 1.165) is 0 Å². The second-order valence-corrected chi connectivity index (χ2v) is 3.55. The fourth-order valence-electron chi connectivity index (χ4n) is 1.42. The molecule has 1 aromatic carbocycles. The maximum absolute atomic E-state index is 12.9. The molecule has 0 fully saturated rings. The van der Waals surface area contributed by atoms with E-state index in [1.165, 1.54) is 12.1 Å². The molecule has 0 unspecified atom stereocenters. The van der Waals surface area contributed by atoms with Crippen molar-refractivity contribution in [3.63, 3.8) is 0 Å². The van der Waals surface area contributed by atoms with Crippen LogP contribution in [0, 0.1) is 17.1 Å². The predicted octanol–water partition coefficient (Wildman–Crippen LogP) is 1.92. The summed E-state index contributed by atoms with van der Waals surface area (Å²) in [5, 5.41) is 8.50. The summed E-state index contributed by atoms with van der Waals surface area (Å²) in [7, 11) is 1.79. The van der Waals surface area contributed by atoms with Crippen LogP contribution in [-0.2, 0) is 6.54 Å². The molecule has 0 saturated carbocycles. The molecule has 5 heteroatoms. The molecule has 0 spiro atoms. The van der Waals surface area contributed by atoms with E-state index in [2.05, 4.69) is 4.98 Å². The standard InChI is InChI=1S/C11H10FN3O/c1-15(5-4-13)7-11-14-9-3-2-8(12)6-10(9)16-11/h2-3,6H,5,7H2,1H3. The molecule has 0 aliphatic carbocycles. The largest absolute Gasteiger partial charge is 0.439 e. The van der Waals surface area contributed by atoms with Crippen LogP contribution in [0.1, 0.15) is 5.89 Å². The quantitative estimate of drug-likeness (QED) is 0.740. The number of nitriles is 1. The van der Waals surface area contributed by atoms with E-state index in [4.69, 9.17) is 9.68 Å². The normalized spacial score (nSPS) is 10.9. The van der Waals surface area contributed by atoms with Crippen LogP contribution in [0.3, 0.4) is 0 Å². The summed E-state index contributed by atoms with van der Waals surface area (Å²) in [5.41, 5.74) is 1.06. The van der Waals surface area contributed by atoms with Crippen molar-refractivity contribution in [2.45, 2.75) is 6.54 Å². The van der Waals surface area contributed by atoms with Gasteiger partial charge in [-0.25, -0.2) is 9.37 Å². The highest BCUT2D eigenvalue weighted by Crippen LogP contribution is 2.17. The third-order valence-corrected chi connectivity index (χ3v) is 2.14. The van der Waals surface area contributed by atoms with Crippen LogP contribution < -0.4 is 0 Å². The van der Waals surface area contributed by atoms with Crippen LogP contribution in [0.4, 0.5) is 4.39 Å². The molecule has 0 aliphatic rings. The molecule has 0 bridgehead atoms. The number of rotatable bonds is 3. The third kappa shape index (κ3) is 2.18. The van der Waals surface area contributed by atoms with Gasteiger partial charge in [-0.15, -0.1) is 0 Å². The Labute approximate surface area is 91.9 Å². The van der Waals surface area contributed by atoms with Crippen molar-refractivity contribution in [2.24, 2.45) is 0 Å². The van der Waals surface area contributed by atoms with E-state index >= 15 is 0 Å². The number of hydrogen-bond donors (Lipinski definition) is 0. The first-order chi connectivity index (χ1) is 7.69. The Morgan fingerprint density at radius 1 is 1.56 bits per heavy atom. The molecular formula is C11H10FN3O. The monoisotopic (exact) mass is 219 g/mol. The topological polar surface area (TPSA) is 53.1 Å². The predicted molar refractivity (Wildman–Crippen MR) is 55.9 cm³/mol. The molecule has 82 valence electrons. The van der Waals surface area contributed by atoms with E-state index in [-0.39, 0.29) is 5.82 Å². The first-order valence-corrected chi connectivity index (χ1v) is 4.79. The van der Waals surface area contributed by atoms with Crippen molar-refractivity contribution in [3.8, 4) is 6.07 Å². The van der Waals surface area contributed by atoms with Gasteiger partial charge in [-0.2, -0.15) is 5.26 Å². The second kappa shape index (κ2) is 4.29. The fraction of sp³-hybridized carbons (Fsp3) is 0.273. The van der Waals surface area contributed by atoms with Crippen LogP contribution in [0.15, 0.2) is 22.6 Å². The van der Waals surface area contributed by atoms with Crippen molar-refractivity contribution < 1.29 is 8.81 Å². The summed E-state index contributed by atoms with van der Waals surface area (Å²) >= 11 is 0. The maximum Gasteiger partial charge on any atom is 0.209 e. The number of benzene rings is 1. The van der Waals surface area contributed by atoms with Gasteiger partial charge in [0, 0.05) is 6.07 Å². The van der Waals surface area contributed by atoms with E-state index < -0.39 is 0 Å². The minimum atomic E-state index is -0.347. The Bertz CT molecular complexity index is 544. The Morgan fingerprint density at radius 2 is 2.38 bits per heavy atom. The van der Waals surface area contributed by atoms with Gasteiger partial charge in [0.15, 0.2) is 5.58 Å². The zero-order valence-electron chi connectivity index (χ0n) is 8.77. The zero-order chi connectivity index (χ0) is 11.5. The molecule has 0 amide bonds. The van der Waals surface area contributed by atoms with Gasteiger partial charge in [0.2, 0.25) is 5.89 Å². The van der Waals surface area contributed by atoms with Crippen molar-refractivity contribution >= 4 is 11.1 Å². The molecule has 1 aromatic heterocycles. The van der Waals surface area contributed by atoms with Gasteiger partial charge in [0.05, 0.1) is 19.2 Å². The van der Waals surface area contributed by atoms with Crippen LogP contribution >= 0.6 is 0 Å². The summed E-state index contributed by atoms with van der Waals surface area (Å²) in [6.07, 6.45) is 0. The van der Waals surface area contributed by atoms with Crippen molar-refractivity contribution in [1.82, 2.24) is 9.88 Å². The minimum absolute atomic E-state index is 0.299. The number of halogens is 1. The van der Waals surface area contributed by atoms with Crippen LogP contribution in [0.25, 0.3) is 11.1 Å². The first kappa shape index (κ1) is 10.6. The van der Waals surface area contributed by atoms with Gasteiger partial charge in [-0.3, -0.25) is 4.90 Å². The van der Waals surface area contributed by atoms with Gasteiger partial charge in [-0.1, -0.05) is 0 Å². The highest BCUT2D eigenvalue weighted by molar-refractivity contribution is 5.72. The maximum atomic E-state index is 12.9. The fourth-order valence-corrected chi connectivity index (χ4v) is 1.42. The number of aromatic nitrogens is 1. The van der Waals surface area contributed by atoms with Crippen LogP contribution in [0.5, 0.6) is 0 Å². The Morgan fingerprint density at radius 3 is 3.12 bits per heavy atom. The lowest BCUT2D eigenvalue weighted by atomic mass is 10.3. The van der Waals surface area contributed by atoms with Gasteiger partial charge >= 0.3 is 0 Å². The summed E-state index contributed by atoms with van der Waals surface area (Å²) in [6.45, 7) is 0.733. The van der Waals surface area contributed by atoms with Crippen LogP contribution in [0.2, 0.25) is 0 Å². The minimum Gasteiger partial charge on any atom is -0.439 e. The van der Waals surface area contributed by atoms with Crippen LogP contribution in [-0.4, -0.2) is 23.5 Å². The number of oxazole rings is 1. The van der Waals surface area contributed by atoms with Gasteiger partial charge in [0.1, 0.15) is 11.3 Å². The molecular weight excluding hydrogens is 209 g/mol. The van der Waals surface area contributed by atoms with E-state index in [0.29, 0.717) is 30.1 Å². The Balaban J connectivity index is 2.23. The third-order valence-electron chi connectivity index (χ3n) is 2.14. The summed E-state index contributed by atoms with van der Waals surface area (Å²) in [6, 6.07) is 6.24. The molecule has 0 radical (unpaired) electrons. The smallest absolute Gasteiger partial charge is 0.209 e. The average molecular weight is 219 g/mol. The molecule has 2 aromatic rings. The SMILES string of the molecule is CN(CC#N)Cc1nc2ccc(F)cc2o1. The van der Waals surface area contributed by atoms with Gasteiger partial charge in [0.25, 0.3) is 0 Å². The van der Waals surface area contributed by atoms with Gasteiger partial charge < -0.3 is 4.42 Å². The number of hydrogen-bond acceptors (Lipinski definition) is 4. The molecule has 0 N–H and O–H groups in total.